The maximum atomic E-state index is 13.1. The van der Waals surface area contributed by atoms with Gasteiger partial charge in [-0.05, 0) is 37.0 Å². The van der Waals surface area contributed by atoms with Crippen LogP contribution in [-0.2, 0) is 23.4 Å². The second kappa shape index (κ2) is 5.91. The Bertz CT molecular complexity index is 927. The number of rotatable bonds is 6. The zero-order valence-electron chi connectivity index (χ0n) is 13.8. The van der Waals surface area contributed by atoms with Crippen LogP contribution in [0.1, 0.15) is 35.5 Å². The number of carbonyl (C=O) groups excluding carboxylic acids is 1. The summed E-state index contributed by atoms with van der Waals surface area (Å²) in [5, 5.41) is 8.35. The molecule has 1 saturated carbocycles. The van der Waals surface area contributed by atoms with Crippen LogP contribution in [0.15, 0.2) is 34.9 Å². The van der Waals surface area contributed by atoms with Gasteiger partial charge in [-0.3, -0.25) is 4.68 Å². The topological polar surface area (TPSA) is 73.8 Å². The lowest BCUT2D eigenvalue weighted by atomic mass is 9.91. The van der Waals surface area contributed by atoms with E-state index in [0.29, 0.717) is 23.5 Å². The molecule has 2 aromatic heterocycles. The van der Waals surface area contributed by atoms with E-state index in [9.17, 15) is 9.18 Å². The summed E-state index contributed by atoms with van der Waals surface area (Å²) in [5.74, 6) is 0.873. The zero-order valence-corrected chi connectivity index (χ0v) is 13.8. The zero-order chi connectivity index (χ0) is 17.4. The Morgan fingerprint density at radius 2 is 2.16 bits per heavy atom. The molecule has 0 aliphatic heterocycles. The molecule has 3 aromatic rings. The van der Waals surface area contributed by atoms with Crippen LogP contribution in [0, 0.1) is 6.92 Å². The quantitative estimate of drug-likeness (QED) is 0.645. The summed E-state index contributed by atoms with van der Waals surface area (Å²) in [5.41, 5.74) is 2.89. The fraction of sp³-hybridized carbons (Fsp3) is 0.333. The minimum atomic E-state index is -0.713. The lowest BCUT2D eigenvalue weighted by Crippen LogP contribution is -2.12. The highest BCUT2D eigenvalue weighted by Gasteiger charge is 2.50. The maximum absolute atomic E-state index is 13.1. The maximum Gasteiger partial charge on any atom is 0.278 e. The van der Waals surface area contributed by atoms with Gasteiger partial charge in [0.25, 0.3) is 5.89 Å². The van der Waals surface area contributed by atoms with E-state index in [2.05, 4.69) is 34.3 Å². The van der Waals surface area contributed by atoms with Crippen molar-refractivity contribution in [2.24, 2.45) is 0 Å². The number of benzene rings is 1. The Morgan fingerprint density at radius 3 is 2.84 bits per heavy atom. The smallest absolute Gasteiger partial charge is 0.278 e. The largest absolute Gasteiger partial charge is 0.332 e. The molecule has 0 saturated heterocycles. The number of aryl methyl sites for hydroxylation is 1. The Balaban J connectivity index is 1.69. The first-order chi connectivity index (χ1) is 12.2. The normalized spacial score (nSPS) is 15.3. The van der Waals surface area contributed by atoms with Gasteiger partial charge in [0.15, 0.2) is 11.5 Å². The summed E-state index contributed by atoms with van der Waals surface area (Å²) in [6.45, 7) is 1.35. The fourth-order valence-corrected chi connectivity index (χ4v) is 3.27. The molecule has 1 aromatic carbocycles. The van der Waals surface area contributed by atoms with Crippen molar-refractivity contribution in [2.75, 3.05) is 0 Å². The number of nitrogens with zero attached hydrogens (tertiary/aromatic N) is 4. The molecule has 7 heteroatoms. The van der Waals surface area contributed by atoms with Crippen LogP contribution in [0.3, 0.4) is 0 Å². The van der Waals surface area contributed by atoms with Crippen molar-refractivity contribution < 1.29 is 13.7 Å². The Morgan fingerprint density at radius 1 is 1.36 bits per heavy atom. The van der Waals surface area contributed by atoms with Crippen molar-refractivity contribution in [2.45, 2.75) is 38.4 Å². The van der Waals surface area contributed by atoms with E-state index in [4.69, 9.17) is 4.52 Å². The van der Waals surface area contributed by atoms with Crippen LogP contribution in [0.25, 0.3) is 11.6 Å². The van der Waals surface area contributed by atoms with E-state index >= 15 is 0 Å². The molecule has 25 heavy (non-hydrogen) atoms. The molecule has 1 fully saturated rings. The summed E-state index contributed by atoms with van der Waals surface area (Å²) < 4.78 is 19.8. The molecular formula is C18H17FN4O2. The van der Waals surface area contributed by atoms with Crippen molar-refractivity contribution in [3.05, 3.63) is 53.0 Å². The van der Waals surface area contributed by atoms with Gasteiger partial charge in [-0.1, -0.05) is 29.4 Å². The van der Waals surface area contributed by atoms with Gasteiger partial charge in [0, 0.05) is 0 Å². The predicted molar refractivity (Wildman–Crippen MR) is 87.6 cm³/mol. The van der Waals surface area contributed by atoms with Crippen LogP contribution >= 0.6 is 0 Å². The van der Waals surface area contributed by atoms with Crippen molar-refractivity contribution in [1.82, 2.24) is 19.9 Å². The molecule has 4 rings (SSSR count). The third kappa shape index (κ3) is 2.56. The summed E-state index contributed by atoms with van der Waals surface area (Å²) in [4.78, 5) is 15.2. The molecule has 0 radical (unpaired) electrons. The van der Waals surface area contributed by atoms with E-state index in [1.807, 2.05) is 12.1 Å². The highest BCUT2D eigenvalue weighted by atomic mass is 19.1. The van der Waals surface area contributed by atoms with E-state index in [0.717, 1.165) is 12.8 Å². The number of aromatic nitrogens is 4. The van der Waals surface area contributed by atoms with Crippen molar-refractivity contribution in [3.63, 3.8) is 0 Å². The summed E-state index contributed by atoms with van der Waals surface area (Å²) in [6, 6.07) is 9.73. The van der Waals surface area contributed by atoms with Gasteiger partial charge in [0.05, 0.1) is 17.7 Å². The third-order valence-electron chi connectivity index (χ3n) is 4.73. The first kappa shape index (κ1) is 15.7. The van der Waals surface area contributed by atoms with Crippen LogP contribution < -0.4 is 0 Å². The molecule has 0 N–H and O–H groups in total. The van der Waals surface area contributed by atoms with E-state index in [1.165, 1.54) is 21.9 Å². The molecule has 0 unspecified atom stereocenters. The summed E-state index contributed by atoms with van der Waals surface area (Å²) in [6.07, 6.45) is 2.60. The number of hydrogen-bond donors (Lipinski definition) is 0. The van der Waals surface area contributed by atoms with Gasteiger partial charge in [0.1, 0.15) is 13.0 Å². The third-order valence-corrected chi connectivity index (χ3v) is 4.73. The molecule has 2 heterocycles. The molecular weight excluding hydrogens is 323 g/mol. The first-order valence-corrected chi connectivity index (χ1v) is 8.15. The number of hydrogen-bond acceptors (Lipinski definition) is 5. The summed E-state index contributed by atoms with van der Waals surface area (Å²) >= 11 is 0. The van der Waals surface area contributed by atoms with Gasteiger partial charge in [0.2, 0.25) is 0 Å². The van der Waals surface area contributed by atoms with E-state index in [1.54, 1.807) is 0 Å². The molecule has 6 nitrogen and oxygen atoms in total. The second-order valence-corrected chi connectivity index (χ2v) is 6.32. The molecule has 0 amide bonds. The highest BCUT2D eigenvalue weighted by molar-refractivity contribution is 5.52. The van der Waals surface area contributed by atoms with Crippen LogP contribution in [0.5, 0.6) is 0 Å². The Hall–Kier alpha value is -2.83. The number of aldehydes is 1. The minimum absolute atomic E-state index is 0.00655. The van der Waals surface area contributed by atoms with E-state index in [-0.39, 0.29) is 17.9 Å². The number of alkyl halides is 1. The number of halogens is 1. The van der Waals surface area contributed by atoms with E-state index < -0.39 is 6.67 Å². The Labute approximate surface area is 143 Å². The van der Waals surface area contributed by atoms with Crippen LogP contribution in [-0.4, -0.2) is 26.2 Å². The highest BCUT2D eigenvalue weighted by Crippen LogP contribution is 2.53. The van der Waals surface area contributed by atoms with Crippen molar-refractivity contribution in [3.8, 4) is 11.6 Å². The van der Waals surface area contributed by atoms with Gasteiger partial charge >= 0.3 is 0 Å². The lowest BCUT2D eigenvalue weighted by Gasteiger charge is -2.13. The monoisotopic (exact) mass is 340 g/mol. The number of carbonyl (C=O) groups is 1. The predicted octanol–water partition coefficient (Wildman–Crippen LogP) is 2.99. The SMILES string of the molecule is Cc1ccccc1C1(c2noc(-c3cc(CF)n(CC=O)n3)n2)CC1. The minimum Gasteiger partial charge on any atom is -0.332 e. The van der Waals surface area contributed by atoms with Gasteiger partial charge in [-0.25, -0.2) is 4.39 Å². The van der Waals surface area contributed by atoms with Gasteiger partial charge in [-0.2, -0.15) is 10.1 Å². The van der Waals surface area contributed by atoms with Crippen molar-refractivity contribution >= 4 is 6.29 Å². The molecule has 1 aliphatic carbocycles. The molecule has 0 spiro atoms. The standard InChI is InChI=1S/C18H17FN4O2/c1-12-4-2-3-5-14(12)18(6-7-18)17-20-16(25-22-17)15-10-13(11-19)23(21-15)8-9-24/h2-5,9-10H,6-8,11H2,1H3. The fourth-order valence-electron chi connectivity index (χ4n) is 3.27. The molecule has 1 aliphatic rings. The van der Waals surface area contributed by atoms with Crippen molar-refractivity contribution in [1.29, 1.82) is 0 Å². The average Bonchev–Trinajstić information content (AvgIpc) is 3.08. The molecule has 0 atom stereocenters. The van der Waals surface area contributed by atoms with Crippen LogP contribution in [0.4, 0.5) is 4.39 Å². The molecule has 0 bridgehead atoms. The van der Waals surface area contributed by atoms with Gasteiger partial charge < -0.3 is 9.32 Å². The molecule has 128 valence electrons. The second-order valence-electron chi connectivity index (χ2n) is 6.32. The Kier molecular flexibility index (Phi) is 3.71. The average molecular weight is 340 g/mol. The van der Waals surface area contributed by atoms with Gasteiger partial charge in [-0.15, -0.1) is 0 Å². The lowest BCUT2D eigenvalue weighted by molar-refractivity contribution is -0.108. The first-order valence-electron chi connectivity index (χ1n) is 8.15. The summed E-state index contributed by atoms with van der Waals surface area (Å²) in [7, 11) is 0. The van der Waals surface area contributed by atoms with Crippen LogP contribution in [0.2, 0.25) is 0 Å².